The zero-order valence-corrected chi connectivity index (χ0v) is 15.0. The largest absolute Gasteiger partial charge is 0.497 e. The first-order chi connectivity index (χ1) is 12.1. The maximum absolute atomic E-state index is 13.2. The van der Waals surface area contributed by atoms with Crippen LogP contribution < -0.4 is 9.64 Å². The molecule has 1 amide bonds. The third-order valence-corrected chi connectivity index (χ3v) is 4.31. The number of carbonyl (C=O) groups is 1. The van der Waals surface area contributed by atoms with E-state index in [4.69, 9.17) is 27.9 Å². The van der Waals surface area contributed by atoms with Crippen LogP contribution in [0.4, 0.5) is 11.4 Å². The fourth-order valence-corrected chi connectivity index (χ4v) is 3.08. The summed E-state index contributed by atoms with van der Waals surface area (Å²) in [5.74, 6) is 0.399. The Labute approximate surface area is 156 Å². The summed E-state index contributed by atoms with van der Waals surface area (Å²) in [5, 5.41) is 0.777. The zero-order valence-electron chi connectivity index (χ0n) is 13.4. The summed E-state index contributed by atoms with van der Waals surface area (Å²) in [5.41, 5.74) is 1.58. The molecule has 0 saturated heterocycles. The van der Waals surface area contributed by atoms with Gasteiger partial charge in [0.05, 0.1) is 28.5 Å². The van der Waals surface area contributed by atoms with Gasteiger partial charge in [0.15, 0.2) is 0 Å². The summed E-state index contributed by atoms with van der Waals surface area (Å²) < 4.78 is 5.28. The molecule has 3 rings (SSSR count). The number of para-hydroxylation sites is 1. The van der Waals surface area contributed by atoms with E-state index in [0.29, 0.717) is 32.7 Å². The van der Waals surface area contributed by atoms with E-state index in [2.05, 4.69) is 0 Å². The molecule has 5 heteroatoms. The first-order valence-electron chi connectivity index (χ1n) is 7.59. The number of nitrogens with zero attached hydrogens (tertiary/aromatic N) is 1. The minimum Gasteiger partial charge on any atom is -0.497 e. The number of amides is 1. The lowest BCUT2D eigenvalue weighted by Crippen LogP contribution is -2.26. The van der Waals surface area contributed by atoms with Crippen molar-refractivity contribution >= 4 is 40.5 Å². The summed E-state index contributed by atoms with van der Waals surface area (Å²) in [6.07, 6.45) is 0. The second-order valence-corrected chi connectivity index (χ2v) is 6.09. The van der Waals surface area contributed by atoms with Crippen LogP contribution in [0.5, 0.6) is 5.75 Å². The maximum Gasteiger partial charge on any atom is 0.262 e. The smallest absolute Gasteiger partial charge is 0.262 e. The standard InChI is InChI=1S/C20H15Cl2NO2/c1-25-16-10-5-9-15(13-16)23(19-17(21)11-6-12-18(19)22)20(24)14-7-3-2-4-8-14/h2-13H,1H3. The number of halogens is 2. The molecular weight excluding hydrogens is 357 g/mol. The lowest BCUT2D eigenvalue weighted by atomic mass is 10.1. The molecule has 0 unspecified atom stereocenters. The van der Waals surface area contributed by atoms with Crippen LogP contribution in [-0.2, 0) is 0 Å². The molecule has 0 N–H and O–H groups in total. The Morgan fingerprint density at radius 3 is 2.16 bits per heavy atom. The monoisotopic (exact) mass is 371 g/mol. The van der Waals surface area contributed by atoms with E-state index in [9.17, 15) is 4.79 Å². The summed E-state index contributed by atoms with van der Waals surface area (Å²) in [6, 6.07) is 21.3. The average Bonchev–Trinajstić information content (AvgIpc) is 2.65. The average molecular weight is 372 g/mol. The van der Waals surface area contributed by atoms with Gasteiger partial charge in [-0.25, -0.2) is 0 Å². The number of hydrogen-bond donors (Lipinski definition) is 0. The number of benzene rings is 3. The lowest BCUT2D eigenvalue weighted by Gasteiger charge is -2.25. The fraction of sp³-hybridized carbons (Fsp3) is 0.0500. The van der Waals surface area contributed by atoms with Crippen molar-refractivity contribution < 1.29 is 9.53 Å². The highest BCUT2D eigenvalue weighted by Gasteiger charge is 2.24. The van der Waals surface area contributed by atoms with Gasteiger partial charge in [-0.15, -0.1) is 0 Å². The van der Waals surface area contributed by atoms with Crippen LogP contribution in [0, 0.1) is 0 Å². The predicted octanol–water partition coefficient (Wildman–Crippen LogP) is 5.98. The number of methoxy groups -OCH3 is 1. The summed E-state index contributed by atoms with van der Waals surface area (Å²) in [4.78, 5) is 14.7. The first-order valence-corrected chi connectivity index (χ1v) is 8.35. The highest BCUT2D eigenvalue weighted by atomic mass is 35.5. The Bertz CT molecular complexity index is 877. The van der Waals surface area contributed by atoms with Crippen molar-refractivity contribution in [2.75, 3.05) is 12.0 Å². The molecule has 0 radical (unpaired) electrons. The number of hydrogen-bond acceptors (Lipinski definition) is 2. The minimum atomic E-state index is -0.233. The molecule has 0 aliphatic rings. The molecule has 0 aliphatic carbocycles. The van der Waals surface area contributed by atoms with Gasteiger partial charge < -0.3 is 4.74 Å². The molecular formula is C20H15Cl2NO2. The molecule has 0 spiro atoms. The van der Waals surface area contributed by atoms with Crippen molar-refractivity contribution in [2.45, 2.75) is 0 Å². The van der Waals surface area contributed by atoms with Gasteiger partial charge in [-0.1, -0.05) is 53.5 Å². The second-order valence-electron chi connectivity index (χ2n) is 5.28. The molecule has 0 heterocycles. The van der Waals surface area contributed by atoms with Crippen LogP contribution >= 0.6 is 23.2 Å². The van der Waals surface area contributed by atoms with Crippen molar-refractivity contribution in [1.29, 1.82) is 0 Å². The first kappa shape index (κ1) is 17.3. The Balaban J connectivity index is 2.19. The van der Waals surface area contributed by atoms with Crippen LogP contribution in [0.1, 0.15) is 10.4 Å². The van der Waals surface area contributed by atoms with Gasteiger partial charge in [0.25, 0.3) is 5.91 Å². The highest BCUT2D eigenvalue weighted by molar-refractivity contribution is 6.40. The van der Waals surface area contributed by atoms with Crippen LogP contribution in [0.15, 0.2) is 72.8 Å². The van der Waals surface area contributed by atoms with Crippen LogP contribution in [-0.4, -0.2) is 13.0 Å². The molecule has 0 atom stereocenters. The third-order valence-electron chi connectivity index (χ3n) is 3.70. The normalized spacial score (nSPS) is 10.4. The van der Waals surface area contributed by atoms with E-state index in [-0.39, 0.29) is 5.91 Å². The van der Waals surface area contributed by atoms with Crippen LogP contribution in [0.3, 0.4) is 0 Å². The highest BCUT2D eigenvalue weighted by Crippen LogP contribution is 2.39. The summed E-state index contributed by atoms with van der Waals surface area (Å²) in [7, 11) is 1.57. The number of carbonyl (C=O) groups excluding carboxylic acids is 1. The third kappa shape index (κ3) is 3.63. The Morgan fingerprint density at radius 1 is 0.880 bits per heavy atom. The quantitative estimate of drug-likeness (QED) is 0.564. The fourth-order valence-electron chi connectivity index (χ4n) is 2.51. The molecule has 25 heavy (non-hydrogen) atoms. The lowest BCUT2D eigenvalue weighted by molar-refractivity contribution is 0.0999. The van der Waals surface area contributed by atoms with Gasteiger partial charge in [-0.3, -0.25) is 9.69 Å². The van der Waals surface area contributed by atoms with E-state index >= 15 is 0 Å². The van der Waals surface area contributed by atoms with Gasteiger partial charge in [-0.2, -0.15) is 0 Å². The zero-order chi connectivity index (χ0) is 17.8. The van der Waals surface area contributed by atoms with Crippen molar-refractivity contribution in [1.82, 2.24) is 0 Å². The van der Waals surface area contributed by atoms with Crippen molar-refractivity contribution in [3.63, 3.8) is 0 Å². The molecule has 0 aromatic heterocycles. The molecule has 126 valence electrons. The predicted molar refractivity (Wildman–Crippen MR) is 102 cm³/mol. The molecule has 0 saturated carbocycles. The Kier molecular flexibility index (Phi) is 5.27. The minimum absolute atomic E-state index is 0.233. The van der Waals surface area contributed by atoms with E-state index < -0.39 is 0 Å². The maximum atomic E-state index is 13.2. The molecule has 3 aromatic rings. The molecule has 0 aliphatic heterocycles. The van der Waals surface area contributed by atoms with Crippen LogP contribution in [0.2, 0.25) is 10.0 Å². The van der Waals surface area contributed by atoms with E-state index in [0.717, 1.165) is 0 Å². The number of rotatable bonds is 4. The summed E-state index contributed by atoms with van der Waals surface area (Å²) in [6.45, 7) is 0. The Morgan fingerprint density at radius 2 is 1.52 bits per heavy atom. The second kappa shape index (κ2) is 7.60. The van der Waals surface area contributed by atoms with Crippen LogP contribution in [0.25, 0.3) is 0 Å². The molecule has 0 bridgehead atoms. The summed E-state index contributed by atoms with van der Waals surface area (Å²) >= 11 is 12.7. The molecule has 3 aromatic carbocycles. The van der Waals surface area contributed by atoms with E-state index in [1.165, 1.54) is 4.90 Å². The van der Waals surface area contributed by atoms with Gasteiger partial charge in [0.2, 0.25) is 0 Å². The molecule has 0 fully saturated rings. The van der Waals surface area contributed by atoms with Gasteiger partial charge in [0.1, 0.15) is 5.75 Å². The van der Waals surface area contributed by atoms with Gasteiger partial charge in [-0.05, 0) is 36.4 Å². The number of ether oxygens (including phenoxy) is 1. The molecule has 3 nitrogen and oxygen atoms in total. The number of anilines is 2. The van der Waals surface area contributed by atoms with Crippen molar-refractivity contribution in [3.8, 4) is 5.75 Å². The van der Waals surface area contributed by atoms with Crippen molar-refractivity contribution in [3.05, 3.63) is 88.4 Å². The van der Waals surface area contributed by atoms with E-state index in [1.54, 1.807) is 43.5 Å². The van der Waals surface area contributed by atoms with E-state index in [1.807, 2.05) is 36.4 Å². The van der Waals surface area contributed by atoms with Gasteiger partial charge >= 0.3 is 0 Å². The SMILES string of the molecule is COc1cccc(N(C(=O)c2ccccc2)c2c(Cl)cccc2Cl)c1. The van der Waals surface area contributed by atoms with Gasteiger partial charge in [0, 0.05) is 11.6 Å². The topological polar surface area (TPSA) is 29.5 Å². The Hall–Kier alpha value is -2.49. The van der Waals surface area contributed by atoms with Crippen molar-refractivity contribution in [2.24, 2.45) is 0 Å².